The average Bonchev–Trinajstić information content (AvgIpc) is 3.64. The first-order valence-electron chi connectivity index (χ1n) is 15.3. The van der Waals surface area contributed by atoms with Crippen LogP contribution in [0.5, 0.6) is 0 Å². The lowest BCUT2D eigenvalue weighted by Crippen LogP contribution is -2.54. The molecule has 1 N–H and O–H groups in total. The summed E-state index contributed by atoms with van der Waals surface area (Å²) in [6, 6.07) is 23.1. The van der Waals surface area contributed by atoms with Gasteiger partial charge in [-0.15, -0.1) is 11.3 Å². The first-order valence-corrected chi connectivity index (χ1v) is 16.2. The molecule has 0 bridgehead atoms. The lowest BCUT2D eigenvalue weighted by molar-refractivity contribution is -0.140. The number of anilines is 3. The molecule has 10 heteroatoms. The van der Waals surface area contributed by atoms with Gasteiger partial charge in [0.1, 0.15) is 17.6 Å². The van der Waals surface area contributed by atoms with Crippen LogP contribution in [-0.2, 0) is 20.9 Å². The molecule has 1 aliphatic heterocycles. The van der Waals surface area contributed by atoms with E-state index in [0.717, 1.165) is 29.8 Å². The number of hydrogen-bond donors (Lipinski definition) is 1. The molecular weight excluding hydrogens is 598 g/mol. The van der Waals surface area contributed by atoms with Gasteiger partial charge >= 0.3 is 0 Å². The third kappa shape index (κ3) is 6.48. The quantitative estimate of drug-likeness (QED) is 0.175. The van der Waals surface area contributed by atoms with E-state index in [0.29, 0.717) is 22.8 Å². The Hall–Kier alpha value is -5.09. The minimum Gasteiger partial charge on any atom is -0.378 e. The maximum Gasteiger partial charge on any atom is 0.299 e. The van der Waals surface area contributed by atoms with Crippen LogP contribution in [0.4, 0.5) is 17.1 Å². The molecule has 2 heterocycles. The largest absolute Gasteiger partial charge is 0.378 e. The normalized spacial score (nSPS) is 16.2. The number of carbonyl (C=O) groups excluding carboxylic acids is 4. The smallest absolute Gasteiger partial charge is 0.299 e. The van der Waals surface area contributed by atoms with Crippen LogP contribution in [0.3, 0.4) is 0 Å². The van der Waals surface area contributed by atoms with Gasteiger partial charge in [-0.2, -0.15) is 0 Å². The number of ketones is 1. The summed E-state index contributed by atoms with van der Waals surface area (Å²) in [6.45, 7) is -0.297. The van der Waals surface area contributed by atoms with E-state index in [2.05, 4.69) is 17.5 Å². The van der Waals surface area contributed by atoms with Gasteiger partial charge in [0.05, 0.1) is 23.5 Å². The number of hydrogen-bond acceptors (Lipinski definition) is 7. The summed E-state index contributed by atoms with van der Waals surface area (Å²) in [6.07, 6.45) is 6.28. The van der Waals surface area contributed by atoms with Gasteiger partial charge in [-0.25, -0.2) is 4.98 Å². The summed E-state index contributed by atoms with van der Waals surface area (Å²) in [7, 11) is 3.89. The van der Waals surface area contributed by atoms with Crippen molar-refractivity contribution in [1.29, 1.82) is 0 Å². The number of nitrogens with one attached hydrogen (secondary N) is 1. The van der Waals surface area contributed by atoms with Crippen molar-refractivity contribution >= 4 is 51.9 Å². The van der Waals surface area contributed by atoms with Gasteiger partial charge in [0.2, 0.25) is 11.8 Å². The molecule has 0 radical (unpaired) electrons. The first kappa shape index (κ1) is 30.9. The van der Waals surface area contributed by atoms with Crippen LogP contribution in [0.25, 0.3) is 11.3 Å². The molecule has 3 amide bonds. The van der Waals surface area contributed by atoms with E-state index in [9.17, 15) is 19.2 Å². The zero-order valence-corrected chi connectivity index (χ0v) is 26.6. The Balaban J connectivity index is 1.35. The highest BCUT2D eigenvalue weighted by molar-refractivity contribution is 7.09. The van der Waals surface area contributed by atoms with Crippen LogP contribution < -0.4 is 15.1 Å². The van der Waals surface area contributed by atoms with Crippen molar-refractivity contribution in [3.8, 4) is 11.3 Å². The van der Waals surface area contributed by atoms with Crippen molar-refractivity contribution in [2.45, 2.75) is 31.8 Å². The number of nitrogens with zero attached hydrogens (tertiary/aromatic N) is 4. The molecule has 2 aliphatic rings. The average molecular weight is 634 g/mol. The summed E-state index contributed by atoms with van der Waals surface area (Å²) in [5.74, 6) is -2.30. The topological polar surface area (TPSA) is 103 Å². The number of para-hydroxylation sites is 1. The fourth-order valence-corrected chi connectivity index (χ4v) is 6.82. The second-order valence-electron chi connectivity index (χ2n) is 11.7. The van der Waals surface area contributed by atoms with E-state index in [1.807, 2.05) is 79.0 Å². The lowest BCUT2D eigenvalue weighted by Gasteiger charge is -2.37. The van der Waals surface area contributed by atoms with Crippen molar-refractivity contribution in [3.63, 3.8) is 0 Å². The van der Waals surface area contributed by atoms with Gasteiger partial charge in [-0.3, -0.25) is 24.1 Å². The zero-order valence-electron chi connectivity index (χ0n) is 25.8. The molecule has 0 fully saturated rings. The minimum atomic E-state index is -0.848. The first-order chi connectivity index (χ1) is 22.3. The maximum absolute atomic E-state index is 14.4. The molecule has 1 aliphatic carbocycles. The lowest BCUT2D eigenvalue weighted by atomic mass is 9.86. The van der Waals surface area contributed by atoms with Crippen LogP contribution in [0.1, 0.15) is 34.6 Å². The number of rotatable bonds is 10. The summed E-state index contributed by atoms with van der Waals surface area (Å²) in [5, 5.41) is 5.66. The highest BCUT2D eigenvalue weighted by Crippen LogP contribution is 2.32. The van der Waals surface area contributed by atoms with Crippen molar-refractivity contribution in [2.75, 3.05) is 35.8 Å². The second-order valence-corrected chi connectivity index (χ2v) is 12.6. The maximum atomic E-state index is 14.4. The van der Waals surface area contributed by atoms with E-state index >= 15 is 0 Å². The number of thiazole rings is 1. The predicted molar refractivity (Wildman–Crippen MR) is 181 cm³/mol. The Kier molecular flexibility index (Phi) is 9.07. The number of aromatic nitrogens is 1. The molecule has 9 nitrogen and oxygen atoms in total. The Morgan fingerprint density at radius 2 is 1.72 bits per heavy atom. The van der Waals surface area contributed by atoms with Gasteiger partial charge in [-0.05, 0) is 61.6 Å². The fraction of sp³-hybridized carbons (Fsp3) is 0.250. The Labute approximate surface area is 272 Å². The van der Waals surface area contributed by atoms with Crippen LogP contribution in [0.15, 0.2) is 96.4 Å². The van der Waals surface area contributed by atoms with E-state index in [1.165, 1.54) is 16.2 Å². The molecule has 46 heavy (non-hydrogen) atoms. The number of carbonyl (C=O) groups is 4. The molecule has 0 saturated carbocycles. The molecule has 2 unspecified atom stereocenters. The number of amides is 3. The monoisotopic (exact) mass is 633 g/mol. The van der Waals surface area contributed by atoms with E-state index in [-0.39, 0.29) is 30.5 Å². The van der Waals surface area contributed by atoms with Gasteiger partial charge in [0.15, 0.2) is 0 Å². The van der Waals surface area contributed by atoms with Crippen LogP contribution in [0, 0.1) is 5.92 Å². The molecule has 6 rings (SSSR count). The van der Waals surface area contributed by atoms with Crippen LogP contribution >= 0.6 is 11.3 Å². The van der Waals surface area contributed by atoms with E-state index < -0.39 is 23.6 Å². The van der Waals surface area contributed by atoms with Crippen LogP contribution in [0.2, 0.25) is 0 Å². The Morgan fingerprint density at radius 1 is 0.978 bits per heavy atom. The Morgan fingerprint density at radius 3 is 2.43 bits per heavy atom. The zero-order chi connectivity index (χ0) is 32.2. The third-order valence-electron chi connectivity index (χ3n) is 8.43. The SMILES string of the molecule is CN(C)c1ccc(NC(=O)C(C2CC=CCC2)N(Cc2nc(-c3ccccc3)cs2)C(=O)CN2C(=O)C(=O)c3ccccc32)cc1. The molecule has 0 saturated heterocycles. The van der Waals surface area contributed by atoms with Crippen LogP contribution in [-0.4, -0.2) is 60.1 Å². The van der Waals surface area contributed by atoms with Gasteiger partial charge in [0, 0.05) is 36.4 Å². The van der Waals surface area contributed by atoms with Crippen molar-refractivity contribution in [2.24, 2.45) is 5.92 Å². The van der Waals surface area contributed by atoms with E-state index in [4.69, 9.17) is 4.98 Å². The fourth-order valence-electron chi connectivity index (χ4n) is 6.02. The number of benzene rings is 3. The Bertz CT molecular complexity index is 1780. The predicted octanol–water partition coefficient (Wildman–Crippen LogP) is 5.80. The molecule has 3 aromatic carbocycles. The molecule has 1 aromatic heterocycles. The molecule has 2 atom stereocenters. The molecule has 0 spiro atoms. The van der Waals surface area contributed by atoms with Crippen molar-refractivity contribution in [1.82, 2.24) is 9.88 Å². The third-order valence-corrected chi connectivity index (χ3v) is 9.26. The standard InChI is InChI=1S/C36H35N5O4S/c1-39(2)27-19-17-26(18-20-27)37-35(44)33(25-13-7-4-8-14-25)41(21-31-38-29(23-46-31)24-11-5-3-6-12-24)32(42)22-40-30-16-10-9-15-28(30)34(43)36(40)45/h3-7,9-12,15-20,23,25,33H,8,13-14,21-22H2,1-2H3,(H,37,44). The summed E-state index contributed by atoms with van der Waals surface area (Å²) < 4.78 is 0. The summed E-state index contributed by atoms with van der Waals surface area (Å²) >= 11 is 1.42. The van der Waals surface area contributed by atoms with Crippen molar-refractivity contribution in [3.05, 3.63) is 107 Å². The highest BCUT2D eigenvalue weighted by Gasteiger charge is 2.41. The molecular formula is C36H35N5O4S. The summed E-state index contributed by atoms with van der Waals surface area (Å²) in [5.41, 5.74) is 4.01. The van der Waals surface area contributed by atoms with Gasteiger partial charge in [0.25, 0.3) is 11.7 Å². The van der Waals surface area contributed by atoms with E-state index in [1.54, 1.807) is 29.2 Å². The number of allylic oxidation sites excluding steroid dienone is 2. The van der Waals surface area contributed by atoms with Crippen molar-refractivity contribution < 1.29 is 19.2 Å². The highest BCUT2D eigenvalue weighted by atomic mass is 32.1. The van der Waals surface area contributed by atoms with Gasteiger partial charge < -0.3 is 15.1 Å². The second kappa shape index (κ2) is 13.5. The van der Waals surface area contributed by atoms with Gasteiger partial charge in [-0.1, -0.05) is 54.6 Å². The number of fused-ring (bicyclic) bond motifs is 1. The summed E-state index contributed by atoms with van der Waals surface area (Å²) in [4.78, 5) is 64.0. The number of Topliss-reactive ketones (excluding diaryl/α,β-unsaturated/α-hetero) is 1. The minimum absolute atomic E-state index is 0.0752. The molecule has 234 valence electrons. The molecule has 4 aromatic rings.